The van der Waals surface area contributed by atoms with E-state index in [1.54, 1.807) is 7.11 Å². The van der Waals surface area contributed by atoms with Crippen LogP contribution in [0.5, 0.6) is 5.75 Å². The number of benzene rings is 2. The molecule has 0 fully saturated rings. The van der Waals surface area contributed by atoms with Gasteiger partial charge >= 0.3 is 0 Å². The van der Waals surface area contributed by atoms with E-state index < -0.39 is 0 Å². The molecule has 0 saturated carbocycles. The van der Waals surface area contributed by atoms with Gasteiger partial charge in [0, 0.05) is 11.1 Å². The van der Waals surface area contributed by atoms with Crippen molar-refractivity contribution >= 4 is 5.78 Å². The Hall–Kier alpha value is -2.09. The molecule has 0 heterocycles. The Bertz CT molecular complexity index is 600. The van der Waals surface area contributed by atoms with Crippen molar-refractivity contribution in [2.24, 2.45) is 0 Å². The fraction of sp³-hybridized carbons (Fsp3) is 0.133. The maximum absolute atomic E-state index is 12.3. The van der Waals surface area contributed by atoms with Crippen molar-refractivity contribution in [2.75, 3.05) is 7.11 Å². The average molecular weight is 224 g/mol. The summed E-state index contributed by atoms with van der Waals surface area (Å²) in [5.74, 6) is 0.917. The molecule has 1 aliphatic rings. The largest absolute Gasteiger partial charge is 0.497 e. The number of rotatable bonds is 1. The van der Waals surface area contributed by atoms with E-state index in [-0.39, 0.29) is 5.78 Å². The van der Waals surface area contributed by atoms with Crippen LogP contribution in [0.3, 0.4) is 0 Å². The Kier molecular flexibility index (Phi) is 2.22. The zero-order valence-corrected chi connectivity index (χ0v) is 9.57. The molecule has 2 heteroatoms. The van der Waals surface area contributed by atoms with Crippen LogP contribution in [-0.4, -0.2) is 12.9 Å². The van der Waals surface area contributed by atoms with Gasteiger partial charge in [0.1, 0.15) is 5.75 Å². The highest BCUT2D eigenvalue weighted by Crippen LogP contribution is 2.29. The van der Waals surface area contributed by atoms with Crippen molar-refractivity contribution in [2.45, 2.75) is 6.42 Å². The summed E-state index contributed by atoms with van der Waals surface area (Å²) in [7, 11) is 1.64. The highest BCUT2D eigenvalue weighted by Gasteiger charge is 2.22. The Labute approximate surface area is 99.9 Å². The first-order chi connectivity index (χ1) is 8.29. The molecule has 0 radical (unpaired) electrons. The maximum Gasteiger partial charge on any atom is 0.193 e. The number of ketones is 1. The molecule has 0 aromatic heterocycles. The third-order valence-electron chi connectivity index (χ3n) is 3.20. The Balaban J connectivity index is 2.16. The topological polar surface area (TPSA) is 26.3 Å². The van der Waals surface area contributed by atoms with Crippen molar-refractivity contribution in [3.8, 4) is 5.75 Å². The molecule has 0 atom stereocenters. The molecule has 0 spiro atoms. The lowest BCUT2D eigenvalue weighted by atomic mass is 9.85. The molecule has 0 unspecified atom stereocenters. The van der Waals surface area contributed by atoms with Crippen LogP contribution in [0, 0.1) is 0 Å². The van der Waals surface area contributed by atoms with Gasteiger partial charge in [0.15, 0.2) is 5.78 Å². The number of carbonyl (C=O) groups is 1. The molecule has 2 nitrogen and oxygen atoms in total. The van der Waals surface area contributed by atoms with Crippen LogP contribution in [-0.2, 0) is 6.42 Å². The van der Waals surface area contributed by atoms with Crippen LogP contribution in [0.25, 0.3) is 0 Å². The quantitative estimate of drug-likeness (QED) is 0.635. The van der Waals surface area contributed by atoms with E-state index in [0.29, 0.717) is 0 Å². The normalized spacial score (nSPS) is 12.9. The van der Waals surface area contributed by atoms with Gasteiger partial charge in [-0.1, -0.05) is 24.3 Å². The van der Waals surface area contributed by atoms with E-state index in [1.165, 1.54) is 0 Å². The minimum Gasteiger partial charge on any atom is -0.497 e. The van der Waals surface area contributed by atoms with Crippen molar-refractivity contribution in [3.05, 3.63) is 64.7 Å². The first kappa shape index (κ1) is 10.1. The minimum atomic E-state index is 0.115. The molecule has 84 valence electrons. The summed E-state index contributed by atoms with van der Waals surface area (Å²) in [6, 6.07) is 13.4. The molecule has 0 saturated heterocycles. The van der Waals surface area contributed by atoms with Gasteiger partial charge in [0.05, 0.1) is 7.11 Å². The van der Waals surface area contributed by atoms with Gasteiger partial charge in [-0.2, -0.15) is 0 Å². The second-order valence-electron chi connectivity index (χ2n) is 4.19. The molecule has 0 aliphatic heterocycles. The van der Waals surface area contributed by atoms with Crippen LogP contribution in [0.15, 0.2) is 42.5 Å². The second-order valence-corrected chi connectivity index (χ2v) is 4.19. The van der Waals surface area contributed by atoms with Gasteiger partial charge in [-0.3, -0.25) is 4.79 Å². The van der Waals surface area contributed by atoms with Gasteiger partial charge in [0.2, 0.25) is 0 Å². The van der Waals surface area contributed by atoms with Crippen molar-refractivity contribution in [3.63, 3.8) is 0 Å². The average Bonchev–Trinajstić information content (AvgIpc) is 2.38. The molecular weight excluding hydrogens is 212 g/mol. The number of hydrogen-bond acceptors (Lipinski definition) is 2. The smallest absolute Gasteiger partial charge is 0.193 e. The highest BCUT2D eigenvalue weighted by molar-refractivity contribution is 6.12. The number of hydrogen-bond donors (Lipinski definition) is 0. The summed E-state index contributed by atoms with van der Waals surface area (Å²) in [6.07, 6.45) is 0.800. The maximum atomic E-state index is 12.3. The van der Waals surface area contributed by atoms with Crippen LogP contribution in [0.1, 0.15) is 27.0 Å². The third-order valence-corrected chi connectivity index (χ3v) is 3.20. The fourth-order valence-corrected chi connectivity index (χ4v) is 2.31. The first-order valence-electron chi connectivity index (χ1n) is 5.59. The van der Waals surface area contributed by atoms with Crippen LogP contribution < -0.4 is 4.74 Å². The van der Waals surface area contributed by atoms with Crippen molar-refractivity contribution in [1.82, 2.24) is 0 Å². The zero-order valence-electron chi connectivity index (χ0n) is 9.57. The highest BCUT2D eigenvalue weighted by atomic mass is 16.5. The lowest BCUT2D eigenvalue weighted by molar-refractivity contribution is 0.103. The molecule has 0 amide bonds. The van der Waals surface area contributed by atoms with Gasteiger partial charge in [-0.05, 0) is 35.7 Å². The standard InChI is InChI=1S/C15H12O2/c1-17-12-6-7-14-11(9-12)8-10-4-2-3-5-13(10)15(14)16/h2-7,9H,8H2,1H3. The van der Waals surface area contributed by atoms with E-state index in [0.717, 1.165) is 34.4 Å². The number of carbonyl (C=O) groups excluding carboxylic acids is 1. The lowest BCUT2D eigenvalue weighted by Crippen LogP contribution is -2.14. The van der Waals surface area contributed by atoms with Gasteiger partial charge in [-0.25, -0.2) is 0 Å². The predicted octanol–water partition coefficient (Wildman–Crippen LogP) is 2.83. The second kappa shape index (κ2) is 3.74. The molecule has 0 N–H and O–H groups in total. The fourth-order valence-electron chi connectivity index (χ4n) is 2.31. The molecule has 3 rings (SSSR count). The van der Waals surface area contributed by atoms with Crippen LogP contribution in [0.2, 0.25) is 0 Å². The Morgan fingerprint density at radius 1 is 1.00 bits per heavy atom. The summed E-state index contributed by atoms with van der Waals surface area (Å²) in [6.45, 7) is 0. The first-order valence-corrected chi connectivity index (χ1v) is 5.59. The Morgan fingerprint density at radius 3 is 2.59 bits per heavy atom. The summed E-state index contributed by atoms with van der Waals surface area (Å²) in [5.41, 5.74) is 3.76. The van der Waals surface area contributed by atoms with Crippen LogP contribution in [0.4, 0.5) is 0 Å². The number of ether oxygens (including phenoxy) is 1. The molecule has 2 aromatic rings. The molecule has 0 bridgehead atoms. The predicted molar refractivity (Wildman–Crippen MR) is 65.7 cm³/mol. The van der Waals surface area contributed by atoms with E-state index in [2.05, 4.69) is 0 Å². The summed E-state index contributed by atoms with van der Waals surface area (Å²) >= 11 is 0. The summed E-state index contributed by atoms with van der Waals surface area (Å²) in [4.78, 5) is 12.3. The zero-order chi connectivity index (χ0) is 11.8. The van der Waals surface area contributed by atoms with Crippen LogP contribution >= 0.6 is 0 Å². The van der Waals surface area contributed by atoms with Gasteiger partial charge in [-0.15, -0.1) is 0 Å². The van der Waals surface area contributed by atoms with Gasteiger partial charge < -0.3 is 4.74 Å². The van der Waals surface area contributed by atoms with Crippen molar-refractivity contribution < 1.29 is 9.53 Å². The third kappa shape index (κ3) is 1.53. The summed E-state index contributed by atoms with van der Waals surface area (Å²) < 4.78 is 5.19. The molecule has 2 aromatic carbocycles. The Morgan fingerprint density at radius 2 is 1.76 bits per heavy atom. The van der Waals surface area contributed by atoms with E-state index in [4.69, 9.17) is 4.74 Å². The molecular formula is C15H12O2. The summed E-state index contributed by atoms with van der Waals surface area (Å²) in [5, 5.41) is 0. The monoisotopic (exact) mass is 224 g/mol. The molecule has 17 heavy (non-hydrogen) atoms. The SMILES string of the molecule is COc1ccc2c(c1)Cc1ccccc1C2=O. The van der Waals surface area contributed by atoms with Gasteiger partial charge in [0.25, 0.3) is 0 Å². The lowest BCUT2D eigenvalue weighted by Gasteiger charge is -2.18. The minimum absolute atomic E-state index is 0.115. The van der Waals surface area contributed by atoms with E-state index in [9.17, 15) is 4.79 Å². The number of methoxy groups -OCH3 is 1. The van der Waals surface area contributed by atoms with Crippen molar-refractivity contribution in [1.29, 1.82) is 0 Å². The van der Waals surface area contributed by atoms with E-state index >= 15 is 0 Å². The van der Waals surface area contributed by atoms with E-state index in [1.807, 2.05) is 42.5 Å². The number of fused-ring (bicyclic) bond motifs is 2. The molecule has 1 aliphatic carbocycles.